The first-order chi connectivity index (χ1) is 12.6. The molecule has 0 unspecified atom stereocenters. The van der Waals surface area contributed by atoms with Crippen LogP contribution in [0.4, 0.5) is 5.69 Å². The molecule has 6 heteroatoms. The smallest absolute Gasteiger partial charge is 0.233 e. The Morgan fingerprint density at radius 3 is 2.69 bits per heavy atom. The summed E-state index contributed by atoms with van der Waals surface area (Å²) in [5.74, 6) is 0.717. The molecule has 1 aliphatic rings. The maximum Gasteiger partial charge on any atom is 0.233 e. The highest BCUT2D eigenvalue weighted by Gasteiger charge is 2.15. The minimum Gasteiger partial charge on any atom is -0.454 e. The Balaban J connectivity index is 1.53. The van der Waals surface area contributed by atoms with Gasteiger partial charge in [0.1, 0.15) is 6.42 Å². The van der Waals surface area contributed by atoms with Gasteiger partial charge >= 0.3 is 0 Å². The molecule has 1 aliphatic heterocycles. The lowest BCUT2D eigenvalue weighted by Gasteiger charge is -2.13. The van der Waals surface area contributed by atoms with Gasteiger partial charge in [-0.15, -0.1) is 0 Å². The molecule has 0 aliphatic carbocycles. The number of nitrogens with one attached hydrogen (secondary N) is 2. The van der Waals surface area contributed by atoms with Crippen LogP contribution in [0.25, 0.3) is 0 Å². The van der Waals surface area contributed by atoms with Gasteiger partial charge in [-0.2, -0.15) is 0 Å². The van der Waals surface area contributed by atoms with Crippen LogP contribution >= 0.6 is 0 Å². The Kier molecular flexibility index (Phi) is 5.41. The second-order valence-electron chi connectivity index (χ2n) is 6.15. The molecule has 2 N–H and O–H groups in total. The van der Waals surface area contributed by atoms with Gasteiger partial charge in [0.05, 0.1) is 0 Å². The zero-order valence-corrected chi connectivity index (χ0v) is 14.9. The van der Waals surface area contributed by atoms with Crippen molar-refractivity contribution in [3.63, 3.8) is 0 Å². The van der Waals surface area contributed by atoms with E-state index in [-0.39, 0.29) is 25.0 Å². The van der Waals surface area contributed by atoms with Gasteiger partial charge in [-0.3, -0.25) is 9.59 Å². The quantitative estimate of drug-likeness (QED) is 0.782. The molecule has 2 amide bonds. The number of para-hydroxylation sites is 1. The number of benzene rings is 2. The number of aryl methyl sites for hydroxylation is 2. The van der Waals surface area contributed by atoms with E-state index in [1.807, 2.05) is 44.2 Å². The van der Waals surface area contributed by atoms with E-state index in [0.717, 1.165) is 28.8 Å². The minimum atomic E-state index is -0.327. The Bertz CT molecular complexity index is 833. The molecule has 0 atom stereocenters. The third-order valence-electron chi connectivity index (χ3n) is 4.25. The van der Waals surface area contributed by atoms with E-state index >= 15 is 0 Å². The number of carbonyl (C=O) groups excluding carboxylic acids is 2. The second kappa shape index (κ2) is 7.91. The summed E-state index contributed by atoms with van der Waals surface area (Å²) in [6.07, 6.45) is 0.593. The number of rotatable bonds is 6. The summed E-state index contributed by atoms with van der Waals surface area (Å²) < 4.78 is 10.6. The fourth-order valence-electron chi connectivity index (χ4n) is 2.85. The molecule has 26 heavy (non-hydrogen) atoms. The van der Waals surface area contributed by atoms with Gasteiger partial charge in [-0.05, 0) is 42.2 Å². The van der Waals surface area contributed by atoms with E-state index in [1.54, 1.807) is 6.07 Å². The molecule has 136 valence electrons. The van der Waals surface area contributed by atoms with E-state index < -0.39 is 0 Å². The van der Waals surface area contributed by atoms with Crippen LogP contribution in [-0.2, 0) is 22.6 Å². The molecule has 6 nitrogen and oxygen atoms in total. The van der Waals surface area contributed by atoms with Crippen molar-refractivity contribution in [3.8, 4) is 11.5 Å². The third kappa shape index (κ3) is 4.14. The first-order valence-corrected chi connectivity index (χ1v) is 8.60. The zero-order chi connectivity index (χ0) is 18.5. The first kappa shape index (κ1) is 17.8. The number of amides is 2. The zero-order valence-electron chi connectivity index (χ0n) is 14.9. The molecule has 3 rings (SSSR count). The minimum absolute atomic E-state index is 0.212. The maximum absolute atomic E-state index is 12.2. The average Bonchev–Trinajstić information content (AvgIpc) is 3.09. The van der Waals surface area contributed by atoms with Crippen molar-refractivity contribution in [2.24, 2.45) is 0 Å². The van der Waals surface area contributed by atoms with Crippen molar-refractivity contribution in [1.82, 2.24) is 5.32 Å². The molecule has 0 fully saturated rings. The fourth-order valence-corrected chi connectivity index (χ4v) is 2.85. The number of hydrogen-bond acceptors (Lipinski definition) is 4. The van der Waals surface area contributed by atoms with E-state index in [4.69, 9.17) is 9.47 Å². The lowest BCUT2D eigenvalue weighted by atomic mass is 10.1. The summed E-state index contributed by atoms with van der Waals surface area (Å²) in [6.45, 7) is 4.51. The van der Waals surface area contributed by atoms with Crippen LogP contribution in [0.1, 0.15) is 30.0 Å². The first-order valence-electron chi connectivity index (χ1n) is 8.60. The van der Waals surface area contributed by atoms with Crippen LogP contribution < -0.4 is 20.1 Å². The van der Waals surface area contributed by atoms with E-state index in [0.29, 0.717) is 18.0 Å². The van der Waals surface area contributed by atoms with Gasteiger partial charge in [0.25, 0.3) is 0 Å². The number of fused-ring (bicyclic) bond motifs is 1. The van der Waals surface area contributed by atoms with Gasteiger partial charge in [-0.1, -0.05) is 31.2 Å². The highest BCUT2D eigenvalue weighted by molar-refractivity contribution is 6.04. The van der Waals surface area contributed by atoms with E-state index in [1.165, 1.54) is 0 Å². The monoisotopic (exact) mass is 354 g/mol. The molecule has 2 aromatic rings. The van der Waals surface area contributed by atoms with E-state index in [2.05, 4.69) is 10.6 Å². The number of carbonyl (C=O) groups is 2. The third-order valence-corrected chi connectivity index (χ3v) is 4.25. The highest BCUT2D eigenvalue weighted by atomic mass is 16.7. The van der Waals surface area contributed by atoms with Gasteiger partial charge in [-0.25, -0.2) is 0 Å². The normalized spacial score (nSPS) is 11.9. The topological polar surface area (TPSA) is 76.7 Å². The van der Waals surface area contributed by atoms with Gasteiger partial charge < -0.3 is 20.1 Å². The standard InChI is InChI=1S/C20H22N2O4/c1-3-15-6-4-5-13(2)20(15)22-19(24)10-18(23)21-11-14-7-8-16-17(9-14)26-12-25-16/h4-9H,3,10-12H2,1-2H3,(H,21,23)(H,22,24). The summed E-state index contributed by atoms with van der Waals surface area (Å²) in [7, 11) is 0. The van der Waals surface area contributed by atoms with Crippen molar-refractivity contribution in [3.05, 3.63) is 53.1 Å². The van der Waals surface area contributed by atoms with Crippen LogP contribution in [0, 0.1) is 6.92 Å². The largest absolute Gasteiger partial charge is 0.454 e. The van der Waals surface area contributed by atoms with Crippen LogP contribution in [0.15, 0.2) is 36.4 Å². The average molecular weight is 354 g/mol. The summed E-state index contributed by atoms with van der Waals surface area (Å²) in [5.41, 5.74) is 3.72. The molecule has 0 saturated heterocycles. The van der Waals surface area contributed by atoms with Crippen molar-refractivity contribution in [2.75, 3.05) is 12.1 Å². The Morgan fingerprint density at radius 2 is 1.88 bits per heavy atom. The van der Waals surface area contributed by atoms with Crippen molar-refractivity contribution < 1.29 is 19.1 Å². The maximum atomic E-state index is 12.2. The Hall–Kier alpha value is -3.02. The predicted octanol–water partition coefficient (Wildman–Crippen LogP) is 2.93. The van der Waals surface area contributed by atoms with Crippen molar-refractivity contribution >= 4 is 17.5 Å². The summed E-state index contributed by atoms with van der Waals surface area (Å²) >= 11 is 0. The lowest BCUT2D eigenvalue weighted by Crippen LogP contribution is -2.28. The Morgan fingerprint density at radius 1 is 1.08 bits per heavy atom. The van der Waals surface area contributed by atoms with Crippen molar-refractivity contribution in [1.29, 1.82) is 0 Å². The predicted molar refractivity (Wildman–Crippen MR) is 98.2 cm³/mol. The lowest BCUT2D eigenvalue weighted by molar-refractivity contribution is -0.126. The molecule has 0 spiro atoms. The Labute approximate surface area is 152 Å². The number of hydrogen-bond donors (Lipinski definition) is 2. The van der Waals surface area contributed by atoms with Gasteiger partial charge in [0.15, 0.2) is 11.5 Å². The molecule has 0 aromatic heterocycles. The molecular formula is C20H22N2O4. The van der Waals surface area contributed by atoms with Crippen LogP contribution in [0.3, 0.4) is 0 Å². The molecule has 0 saturated carbocycles. The van der Waals surface area contributed by atoms with Crippen LogP contribution in [0.5, 0.6) is 11.5 Å². The SMILES string of the molecule is CCc1cccc(C)c1NC(=O)CC(=O)NCc1ccc2c(c1)OCO2. The van der Waals surface area contributed by atoms with Gasteiger partial charge in [0.2, 0.25) is 18.6 Å². The molecular weight excluding hydrogens is 332 g/mol. The highest BCUT2D eigenvalue weighted by Crippen LogP contribution is 2.32. The molecule has 0 bridgehead atoms. The summed E-state index contributed by atoms with van der Waals surface area (Å²) in [6, 6.07) is 11.4. The summed E-state index contributed by atoms with van der Waals surface area (Å²) in [5, 5.41) is 5.61. The van der Waals surface area contributed by atoms with E-state index in [9.17, 15) is 9.59 Å². The molecule has 1 heterocycles. The number of anilines is 1. The second-order valence-corrected chi connectivity index (χ2v) is 6.15. The summed E-state index contributed by atoms with van der Waals surface area (Å²) in [4.78, 5) is 24.3. The fraction of sp³-hybridized carbons (Fsp3) is 0.300. The van der Waals surface area contributed by atoms with Crippen LogP contribution in [-0.4, -0.2) is 18.6 Å². The van der Waals surface area contributed by atoms with Crippen molar-refractivity contribution in [2.45, 2.75) is 33.2 Å². The van der Waals surface area contributed by atoms with Crippen LogP contribution in [0.2, 0.25) is 0 Å². The molecule has 2 aromatic carbocycles. The van der Waals surface area contributed by atoms with Gasteiger partial charge in [0, 0.05) is 12.2 Å². The molecule has 0 radical (unpaired) electrons. The number of ether oxygens (including phenoxy) is 2.